The van der Waals surface area contributed by atoms with E-state index in [0.29, 0.717) is 50.4 Å². The van der Waals surface area contributed by atoms with Gasteiger partial charge in [0.1, 0.15) is 24.2 Å². The van der Waals surface area contributed by atoms with Crippen LogP contribution in [0.25, 0.3) is 0 Å². The van der Waals surface area contributed by atoms with Crippen LogP contribution in [-0.4, -0.2) is 185 Å². The van der Waals surface area contributed by atoms with Crippen molar-refractivity contribution in [3.63, 3.8) is 0 Å². The fraction of sp³-hybridized carbons (Fsp3) is 0.588. The standard InChI is InChI=1S/C68H94N10O14/c1-39(2)25-55-65(85)89-43(9)61(81)71(13)58(28-42(7)8)68(88)92-60(30-48-19-23-50(24-20-48)32-78-36-52-34-76(46(12)80)38-54(52)70-78)64(84)74(16)56(26-40(3)4)66(86)90-44(10)62(82)72(14)57(27-41(5)6)67(87)91-59(63(83)73(55)15)29-47-17-21-49(22-18-47)31-77-35-51-33-75(45(11)79)37-53(51)69-77/h17-24,35-36,39-44,55-60H,25-34,37-38H2,1-16H3/t43-,44-,55+,56+,57+,58+,59-,60-/m1/s1. The molecule has 4 aromatic rings. The summed E-state index contributed by atoms with van der Waals surface area (Å²) in [5.41, 5.74) is 6.48. The Morgan fingerprint density at radius 3 is 0.967 bits per heavy atom. The average molecular weight is 1280 g/mol. The molecule has 500 valence electrons. The van der Waals surface area contributed by atoms with E-state index in [-0.39, 0.29) is 74.0 Å². The van der Waals surface area contributed by atoms with Crippen LogP contribution in [0.5, 0.6) is 0 Å². The molecule has 8 atom stereocenters. The lowest BCUT2D eigenvalue weighted by molar-refractivity contribution is -0.176. The molecular formula is C68H94N10O14. The highest BCUT2D eigenvalue weighted by molar-refractivity contribution is 5.94. The van der Waals surface area contributed by atoms with Gasteiger partial charge in [-0.1, -0.05) is 104 Å². The number of carbonyl (C=O) groups excluding carboxylic acids is 10. The monoisotopic (exact) mass is 1270 g/mol. The lowest BCUT2D eigenvalue weighted by atomic mass is 9.99. The van der Waals surface area contributed by atoms with Crippen molar-refractivity contribution in [3.05, 3.63) is 106 Å². The Morgan fingerprint density at radius 2 is 0.696 bits per heavy atom. The maximum Gasteiger partial charge on any atom is 0.329 e. The largest absolute Gasteiger partial charge is 0.451 e. The number of benzene rings is 2. The Kier molecular flexibility index (Phi) is 23.8. The fourth-order valence-electron chi connectivity index (χ4n) is 11.9. The molecule has 24 heteroatoms. The van der Waals surface area contributed by atoms with Gasteiger partial charge in [0.25, 0.3) is 23.6 Å². The normalized spacial score (nSPS) is 23.0. The molecule has 24 nitrogen and oxygen atoms in total. The molecule has 0 unspecified atom stereocenters. The van der Waals surface area contributed by atoms with Gasteiger partial charge in [-0.3, -0.25) is 38.1 Å². The number of ether oxygens (including phenoxy) is 4. The number of amides is 6. The van der Waals surface area contributed by atoms with E-state index in [1.54, 1.807) is 43.4 Å². The van der Waals surface area contributed by atoms with E-state index in [1.807, 2.05) is 92.0 Å². The van der Waals surface area contributed by atoms with E-state index in [0.717, 1.165) is 53.2 Å². The second-order valence-corrected chi connectivity index (χ2v) is 26.8. The first kappa shape index (κ1) is 71.0. The van der Waals surface area contributed by atoms with Gasteiger partial charge in [0.2, 0.25) is 11.8 Å². The van der Waals surface area contributed by atoms with Gasteiger partial charge >= 0.3 is 23.9 Å². The minimum atomic E-state index is -1.57. The Morgan fingerprint density at radius 1 is 0.424 bits per heavy atom. The van der Waals surface area contributed by atoms with Crippen molar-refractivity contribution in [2.75, 3.05) is 28.2 Å². The Hall–Kier alpha value is -8.44. The third kappa shape index (κ3) is 18.0. The first-order valence-electron chi connectivity index (χ1n) is 31.9. The Bertz CT molecular complexity index is 3050. The highest BCUT2D eigenvalue weighted by Gasteiger charge is 2.43. The molecule has 1 saturated heterocycles. The molecule has 0 spiro atoms. The molecule has 0 saturated carbocycles. The molecule has 0 bridgehead atoms. The predicted molar refractivity (Wildman–Crippen MR) is 338 cm³/mol. The summed E-state index contributed by atoms with van der Waals surface area (Å²) < 4.78 is 28.0. The van der Waals surface area contributed by atoms with E-state index in [9.17, 15) is 38.4 Å². The molecule has 1 fully saturated rings. The van der Waals surface area contributed by atoms with Crippen molar-refractivity contribution in [2.45, 2.75) is 209 Å². The first-order valence-corrected chi connectivity index (χ1v) is 31.9. The lowest BCUT2D eigenvalue weighted by Crippen LogP contribution is -2.55. The third-order valence-electron chi connectivity index (χ3n) is 17.2. The van der Waals surface area contributed by atoms with Gasteiger partial charge in [0, 0.05) is 91.5 Å². The number of cyclic esters (lactones) is 4. The summed E-state index contributed by atoms with van der Waals surface area (Å²) in [6.07, 6.45) is -2.46. The SMILES string of the molecule is CC(=O)N1Cc2cn(Cc3ccc(C[C@H]4OC(=O)[C@H](CC(C)C)N(C)C(=O)[C@@H](C)OC(=O)[C@H](CC(C)C)N(C)C(=O)[C@@H](Cc5ccc(Cn6cc7c(n6)CN(C(C)=O)C7)cc5)OC(=O)[C@H](CC(C)C)N(C)C(=O)[C@@H](C)OC(=O)[C@H](CC(C)C)N(C)C4=O)cc3)nc2C1. The van der Waals surface area contributed by atoms with Gasteiger partial charge in [-0.15, -0.1) is 0 Å². The molecule has 7 rings (SSSR count). The molecule has 2 aromatic carbocycles. The van der Waals surface area contributed by atoms with Gasteiger partial charge in [0.15, 0.2) is 24.4 Å². The zero-order valence-corrected chi connectivity index (χ0v) is 56.4. The molecular weight excluding hydrogens is 1180 g/mol. The van der Waals surface area contributed by atoms with Gasteiger partial charge in [0.05, 0.1) is 37.6 Å². The van der Waals surface area contributed by atoms with Crippen molar-refractivity contribution in [3.8, 4) is 0 Å². The zero-order chi connectivity index (χ0) is 67.7. The molecule has 0 aliphatic carbocycles. The molecule has 2 aromatic heterocycles. The molecule has 3 aliphatic heterocycles. The summed E-state index contributed by atoms with van der Waals surface area (Å²) in [5.74, 6) is -7.78. The van der Waals surface area contributed by atoms with Crippen LogP contribution >= 0.6 is 0 Å². The van der Waals surface area contributed by atoms with Crippen LogP contribution in [0.1, 0.15) is 154 Å². The average Bonchev–Trinajstić information content (AvgIpc) is 1.39. The summed E-state index contributed by atoms with van der Waals surface area (Å²) >= 11 is 0. The molecule has 6 amide bonds. The quantitative estimate of drug-likeness (QED) is 0.0937. The van der Waals surface area contributed by atoms with Crippen molar-refractivity contribution in [1.29, 1.82) is 0 Å². The number of fused-ring (bicyclic) bond motifs is 2. The summed E-state index contributed by atoms with van der Waals surface area (Å²) in [7, 11) is 5.53. The molecule has 5 heterocycles. The number of aromatic nitrogens is 4. The lowest BCUT2D eigenvalue weighted by Gasteiger charge is -2.35. The number of nitrogens with zero attached hydrogens (tertiary/aromatic N) is 10. The predicted octanol–water partition coefficient (Wildman–Crippen LogP) is 5.88. The number of esters is 4. The van der Waals surface area contributed by atoms with Crippen LogP contribution in [0.4, 0.5) is 0 Å². The van der Waals surface area contributed by atoms with Crippen LogP contribution in [0.2, 0.25) is 0 Å². The number of rotatable bonds is 16. The minimum Gasteiger partial charge on any atom is -0.451 e. The fourth-order valence-corrected chi connectivity index (χ4v) is 11.9. The second-order valence-electron chi connectivity index (χ2n) is 26.8. The summed E-state index contributed by atoms with van der Waals surface area (Å²) in [6, 6.07) is 9.32. The van der Waals surface area contributed by atoms with E-state index in [2.05, 4.69) is 0 Å². The van der Waals surface area contributed by atoms with Crippen LogP contribution in [0.15, 0.2) is 60.9 Å². The third-order valence-corrected chi connectivity index (χ3v) is 17.2. The smallest absolute Gasteiger partial charge is 0.329 e. The minimum absolute atomic E-state index is 0.0308. The summed E-state index contributed by atoms with van der Waals surface area (Å²) in [4.78, 5) is 150. The first-order chi connectivity index (χ1) is 43.3. The van der Waals surface area contributed by atoms with Crippen LogP contribution < -0.4 is 0 Å². The highest BCUT2D eigenvalue weighted by Crippen LogP contribution is 2.27. The van der Waals surface area contributed by atoms with Crippen molar-refractivity contribution in [2.24, 2.45) is 23.7 Å². The summed E-state index contributed by atoms with van der Waals surface area (Å²) in [6.45, 7) is 23.1. The van der Waals surface area contributed by atoms with Gasteiger partial charge < -0.3 is 48.3 Å². The van der Waals surface area contributed by atoms with Gasteiger partial charge in [-0.2, -0.15) is 10.2 Å². The van der Waals surface area contributed by atoms with Crippen molar-refractivity contribution in [1.82, 2.24) is 49.0 Å². The van der Waals surface area contributed by atoms with E-state index in [4.69, 9.17) is 29.1 Å². The number of carbonyl (C=O) groups is 10. The van der Waals surface area contributed by atoms with Gasteiger partial charge in [-0.05, 0) is 85.5 Å². The Labute approximate surface area is 540 Å². The maximum atomic E-state index is 15.2. The molecule has 0 radical (unpaired) electrons. The number of hydrogen-bond donors (Lipinski definition) is 0. The van der Waals surface area contributed by atoms with Crippen LogP contribution in [0, 0.1) is 23.7 Å². The van der Waals surface area contributed by atoms with Crippen molar-refractivity contribution >= 4 is 59.3 Å². The van der Waals surface area contributed by atoms with Gasteiger partial charge in [-0.25, -0.2) is 19.2 Å². The maximum absolute atomic E-state index is 15.2. The zero-order valence-electron chi connectivity index (χ0n) is 56.4. The molecule has 0 N–H and O–H groups in total. The molecule has 92 heavy (non-hydrogen) atoms. The van der Waals surface area contributed by atoms with Crippen molar-refractivity contribution < 1.29 is 66.9 Å². The Balaban J connectivity index is 1.21. The van der Waals surface area contributed by atoms with E-state index < -0.39 is 96.1 Å². The van der Waals surface area contributed by atoms with Crippen LogP contribution in [-0.2, 0) is 119 Å². The molecule has 3 aliphatic rings. The van der Waals surface area contributed by atoms with E-state index >= 15 is 9.59 Å². The summed E-state index contributed by atoms with van der Waals surface area (Å²) in [5, 5.41) is 9.39. The topological polar surface area (TPSA) is 263 Å². The number of hydrogen-bond acceptors (Lipinski definition) is 16. The van der Waals surface area contributed by atoms with Crippen LogP contribution in [0.3, 0.4) is 0 Å². The second kappa shape index (κ2) is 30.8. The highest BCUT2D eigenvalue weighted by atomic mass is 16.6. The van der Waals surface area contributed by atoms with E-state index in [1.165, 1.54) is 55.9 Å². The number of likely N-dealkylation sites (N-methyl/N-ethyl adjacent to an activating group) is 4.